The van der Waals surface area contributed by atoms with Gasteiger partial charge in [0.05, 0.1) is 0 Å². The van der Waals surface area contributed by atoms with Gasteiger partial charge in [-0.3, -0.25) is 0 Å². The van der Waals surface area contributed by atoms with Crippen molar-refractivity contribution in [3.8, 4) is 0 Å². The van der Waals surface area contributed by atoms with Crippen LogP contribution in [0.2, 0.25) is 0 Å². The minimum Gasteiger partial charge on any atom is -0.385 e. The second-order valence-corrected chi connectivity index (χ2v) is 4.16. The molecule has 0 aromatic rings. The van der Waals surface area contributed by atoms with Crippen LogP contribution in [-0.4, -0.2) is 19.6 Å². The van der Waals surface area contributed by atoms with Crippen molar-refractivity contribution in [3.05, 3.63) is 0 Å². The largest absolute Gasteiger partial charge is 0.385 e. The molecular formula is C9H17ClO. The summed E-state index contributed by atoms with van der Waals surface area (Å²) >= 11 is 5.91. The summed E-state index contributed by atoms with van der Waals surface area (Å²) in [5.41, 5.74) is 0.428. The van der Waals surface area contributed by atoms with Gasteiger partial charge in [-0.25, -0.2) is 0 Å². The Kier molecular flexibility index (Phi) is 3.20. The van der Waals surface area contributed by atoms with E-state index in [2.05, 4.69) is 6.92 Å². The topological polar surface area (TPSA) is 9.23 Å². The fourth-order valence-electron chi connectivity index (χ4n) is 2.12. The molecule has 0 spiro atoms. The SMILES string of the molecule is COCCC1(CCl)CC(C)C1. The van der Waals surface area contributed by atoms with Crippen molar-refractivity contribution in [1.82, 2.24) is 0 Å². The first-order chi connectivity index (χ1) is 5.22. The van der Waals surface area contributed by atoms with E-state index in [4.69, 9.17) is 16.3 Å². The van der Waals surface area contributed by atoms with Gasteiger partial charge in [0, 0.05) is 19.6 Å². The van der Waals surface area contributed by atoms with Crippen LogP contribution < -0.4 is 0 Å². The molecule has 0 bridgehead atoms. The Balaban J connectivity index is 2.26. The van der Waals surface area contributed by atoms with Crippen LogP contribution in [-0.2, 0) is 4.74 Å². The molecule has 1 fully saturated rings. The molecule has 0 N–H and O–H groups in total. The maximum atomic E-state index is 5.91. The van der Waals surface area contributed by atoms with Crippen LogP contribution in [0.4, 0.5) is 0 Å². The Labute approximate surface area is 74.1 Å². The lowest BCUT2D eigenvalue weighted by Crippen LogP contribution is -2.38. The number of hydrogen-bond donors (Lipinski definition) is 0. The summed E-state index contributed by atoms with van der Waals surface area (Å²) in [6, 6.07) is 0. The van der Waals surface area contributed by atoms with Gasteiger partial charge >= 0.3 is 0 Å². The highest BCUT2D eigenvalue weighted by molar-refractivity contribution is 6.18. The molecule has 1 aliphatic carbocycles. The lowest BCUT2D eigenvalue weighted by atomic mass is 9.62. The molecule has 1 nitrogen and oxygen atoms in total. The zero-order valence-electron chi connectivity index (χ0n) is 7.40. The van der Waals surface area contributed by atoms with Crippen LogP contribution in [0.3, 0.4) is 0 Å². The van der Waals surface area contributed by atoms with Crippen LogP contribution in [0, 0.1) is 11.3 Å². The van der Waals surface area contributed by atoms with Crippen LogP contribution in [0.25, 0.3) is 0 Å². The third-order valence-electron chi connectivity index (χ3n) is 2.68. The van der Waals surface area contributed by atoms with E-state index in [0.29, 0.717) is 5.41 Å². The quantitative estimate of drug-likeness (QED) is 0.599. The summed E-state index contributed by atoms with van der Waals surface area (Å²) in [5.74, 6) is 1.69. The Morgan fingerprint density at radius 1 is 1.55 bits per heavy atom. The monoisotopic (exact) mass is 176 g/mol. The molecule has 0 aromatic heterocycles. The minimum atomic E-state index is 0.428. The highest BCUT2D eigenvalue weighted by atomic mass is 35.5. The van der Waals surface area contributed by atoms with E-state index in [1.54, 1.807) is 7.11 Å². The summed E-state index contributed by atoms with van der Waals surface area (Å²) < 4.78 is 5.05. The van der Waals surface area contributed by atoms with E-state index in [1.807, 2.05) is 0 Å². The normalized spacial score (nSPS) is 36.8. The standard InChI is InChI=1S/C9H17ClO/c1-8-5-9(6-8,7-10)3-4-11-2/h8H,3-7H2,1-2H3. The van der Waals surface area contributed by atoms with Crippen molar-refractivity contribution in [3.63, 3.8) is 0 Å². The molecule has 11 heavy (non-hydrogen) atoms. The third kappa shape index (κ3) is 2.09. The van der Waals surface area contributed by atoms with Gasteiger partial charge < -0.3 is 4.74 Å². The zero-order chi connectivity index (χ0) is 8.32. The van der Waals surface area contributed by atoms with Crippen LogP contribution in [0.15, 0.2) is 0 Å². The van der Waals surface area contributed by atoms with Gasteiger partial charge in [-0.05, 0) is 30.6 Å². The average molecular weight is 177 g/mol. The summed E-state index contributed by atoms with van der Waals surface area (Å²) in [6.45, 7) is 3.15. The Morgan fingerprint density at radius 2 is 2.18 bits per heavy atom. The van der Waals surface area contributed by atoms with Crippen LogP contribution in [0.1, 0.15) is 26.2 Å². The van der Waals surface area contributed by atoms with Crippen LogP contribution >= 0.6 is 11.6 Å². The minimum absolute atomic E-state index is 0.428. The molecular weight excluding hydrogens is 160 g/mol. The van der Waals surface area contributed by atoms with E-state index in [0.717, 1.165) is 24.8 Å². The van der Waals surface area contributed by atoms with Crippen molar-refractivity contribution in [2.24, 2.45) is 11.3 Å². The summed E-state index contributed by atoms with van der Waals surface area (Å²) in [4.78, 5) is 0. The van der Waals surface area contributed by atoms with Crippen LogP contribution in [0.5, 0.6) is 0 Å². The van der Waals surface area contributed by atoms with E-state index >= 15 is 0 Å². The first-order valence-electron chi connectivity index (χ1n) is 4.27. The lowest BCUT2D eigenvalue weighted by molar-refractivity contribution is 0.0469. The summed E-state index contributed by atoms with van der Waals surface area (Å²) in [5, 5.41) is 0. The van der Waals surface area contributed by atoms with Gasteiger partial charge in [0.1, 0.15) is 0 Å². The number of alkyl halides is 1. The lowest BCUT2D eigenvalue weighted by Gasteiger charge is -2.45. The molecule has 66 valence electrons. The van der Waals surface area contributed by atoms with Gasteiger partial charge in [0.2, 0.25) is 0 Å². The molecule has 0 saturated heterocycles. The average Bonchev–Trinajstić information content (AvgIpc) is 1.96. The molecule has 0 aliphatic heterocycles. The Bertz CT molecular complexity index is 119. The second kappa shape index (κ2) is 3.77. The Morgan fingerprint density at radius 3 is 2.55 bits per heavy atom. The van der Waals surface area contributed by atoms with Gasteiger partial charge in [0.15, 0.2) is 0 Å². The van der Waals surface area contributed by atoms with Gasteiger partial charge in [-0.15, -0.1) is 11.6 Å². The van der Waals surface area contributed by atoms with Gasteiger partial charge in [0.25, 0.3) is 0 Å². The summed E-state index contributed by atoms with van der Waals surface area (Å²) in [6.07, 6.45) is 3.72. The molecule has 1 aliphatic rings. The summed E-state index contributed by atoms with van der Waals surface area (Å²) in [7, 11) is 1.75. The number of methoxy groups -OCH3 is 1. The predicted molar refractivity (Wildman–Crippen MR) is 48.0 cm³/mol. The molecule has 0 unspecified atom stereocenters. The fraction of sp³-hybridized carbons (Fsp3) is 1.00. The molecule has 1 saturated carbocycles. The first kappa shape index (κ1) is 9.34. The van der Waals surface area contributed by atoms with Gasteiger partial charge in [-0.2, -0.15) is 0 Å². The third-order valence-corrected chi connectivity index (χ3v) is 3.25. The predicted octanol–water partition coefficient (Wildman–Crippen LogP) is 2.68. The molecule has 0 amide bonds. The van der Waals surface area contributed by atoms with Gasteiger partial charge in [-0.1, -0.05) is 6.92 Å². The van der Waals surface area contributed by atoms with E-state index < -0.39 is 0 Å². The number of hydrogen-bond acceptors (Lipinski definition) is 1. The van der Waals surface area contributed by atoms with Crippen molar-refractivity contribution in [1.29, 1.82) is 0 Å². The van der Waals surface area contributed by atoms with E-state index in [1.165, 1.54) is 12.8 Å². The van der Waals surface area contributed by atoms with Crippen molar-refractivity contribution >= 4 is 11.6 Å². The smallest absolute Gasteiger partial charge is 0.0467 e. The molecule has 0 heterocycles. The van der Waals surface area contributed by atoms with Crippen molar-refractivity contribution < 1.29 is 4.74 Å². The molecule has 1 rings (SSSR count). The highest BCUT2D eigenvalue weighted by Crippen LogP contribution is 2.48. The molecule has 2 heteroatoms. The van der Waals surface area contributed by atoms with Crippen molar-refractivity contribution in [2.75, 3.05) is 19.6 Å². The van der Waals surface area contributed by atoms with Crippen molar-refractivity contribution in [2.45, 2.75) is 26.2 Å². The fourth-order valence-corrected chi connectivity index (χ4v) is 2.47. The number of halogens is 1. The van der Waals surface area contributed by atoms with E-state index in [9.17, 15) is 0 Å². The first-order valence-corrected chi connectivity index (χ1v) is 4.81. The number of ether oxygens (including phenoxy) is 1. The zero-order valence-corrected chi connectivity index (χ0v) is 8.16. The maximum absolute atomic E-state index is 5.91. The number of rotatable bonds is 4. The second-order valence-electron chi connectivity index (χ2n) is 3.89. The Hall–Kier alpha value is 0.250. The van der Waals surface area contributed by atoms with E-state index in [-0.39, 0.29) is 0 Å². The maximum Gasteiger partial charge on any atom is 0.0467 e. The molecule has 0 aromatic carbocycles. The molecule has 0 atom stereocenters. The highest BCUT2D eigenvalue weighted by Gasteiger charge is 2.40. The molecule has 0 radical (unpaired) electrons.